The summed E-state index contributed by atoms with van der Waals surface area (Å²) in [5, 5.41) is 8.08. The van der Waals surface area contributed by atoms with E-state index in [0.717, 1.165) is 42.9 Å². The molecule has 7 rings (SSSR count). The lowest BCUT2D eigenvalue weighted by Crippen LogP contribution is -2.44. The summed E-state index contributed by atoms with van der Waals surface area (Å²) in [6.45, 7) is 4.14. The van der Waals surface area contributed by atoms with E-state index in [2.05, 4.69) is 42.0 Å². The van der Waals surface area contributed by atoms with E-state index in [-0.39, 0.29) is 13.0 Å². The van der Waals surface area contributed by atoms with Gasteiger partial charge in [0.1, 0.15) is 17.0 Å². The third-order valence-corrected chi connectivity index (χ3v) is 7.85. The van der Waals surface area contributed by atoms with E-state index < -0.39 is 11.7 Å². The SMILES string of the molecule is CN1CCN(c2ccnc3nc(-c4n[nH]c5cc(F)c(-c6cncc(CN7CCC(F)(F)C7)c6)cc45)[nH]c23)CC1. The van der Waals surface area contributed by atoms with Crippen LogP contribution < -0.4 is 4.90 Å². The molecule has 0 saturated carbocycles. The summed E-state index contributed by atoms with van der Waals surface area (Å²) < 4.78 is 42.6. The quantitative estimate of drug-likeness (QED) is 0.339. The Bertz CT molecular complexity index is 1700. The van der Waals surface area contributed by atoms with Crippen LogP contribution in [0.4, 0.5) is 18.9 Å². The van der Waals surface area contributed by atoms with Crippen LogP contribution in [0.3, 0.4) is 0 Å². The van der Waals surface area contributed by atoms with E-state index in [1.807, 2.05) is 6.07 Å². The zero-order valence-corrected chi connectivity index (χ0v) is 22.0. The maximum Gasteiger partial charge on any atom is 0.261 e. The lowest BCUT2D eigenvalue weighted by Gasteiger charge is -2.34. The molecule has 2 N–H and O–H groups in total. The zero-order valence-electron chi connectivity index (χ0n) is 22.0. The van der Waals surface area contributed by atoms with Gasteiger partial charge in [-0.3, -0.25) is 15.0 Å². The Kier molecular flexibility index (Phi) is 5.97. The van der Waals surface area contributed by atoms with Crippen molar-refractivity contribution < 1.29 is 13.2 Å². The Hall–Kier alpha value is -4.03. The second kappa shape index (κ2) is 9.56. The molecule has 0 amide bonds. The Morgan fingerprint density at radius 2 is 1.90 bits per heavy atom. The first kappa shape index (κ1) is 25.0. The molecule has 0 bridgehead atoms. The molecule has 9 nitrogen and oxygen atoms in total. The average molecular weight is 548 g/mol. The minimum Gasteiger partial charge on any atom is -0.367 e. The number of anilines is 1. The number of benzene rings is 1. The summed E-state index contributed by atoms with van der Waals surface area (Å²) in [6.07, 6.45) is 4.83. The number of aromatic amines is 2. The largest absolute Gasteiger partial charge is 0.367 e. The Balaban J connectivity index is 1.23. The van der Waals surface area contributed by atoms with Crippen LogP contribution in [0.1, 0.15) is 12.0 Å². The monoisotopic (exact) mass is 547 g/mol. The highest BCUT2D eigenvalue weighted by molar-refractivity contribution is 5.97. The molecule has 0 unspecified atom stereocenters. The van der Waals surface area contributed by atoms with Gasteiger partial charge in [0.15, 0.2) is 11.5 Å². The fourth-order valence-electron chi connectivity index (χ4n) is 5.68. The smallest absolute Gasteiger partial charge is 0.261 e. The summed E-state index contributed by atoms with van der Waals surface area (Å²) in [5.41, 5.74) is 5.24. The molecule has 0 atom stereocenters. The van der Waals surface area contributed by atoms with Gasteiger partial charge in [0.05, 0.1) is 17.7 Å². The standard InChI is InChI=1S/C28H28F3N9/c1-38-6-8-40(9-7-38)23-2-4-33-26-25(23)34-27(35-26)24-20-11-19(21(29)12-22(20)36-37-24)18-10-17(13-32-14-18)15-39-5-3-28(30,31)16-39/h2,4,10-14H,3,5-9,15-16H2,1H3,(H,36,37)(H,33,34,35). The molecule has 40 heavy (non-hydrogen) atoms. The van der Waals surface area contributed by atoms with Gasteiger partial charge in [0.2, 0.25) is 0 Å². The average Bonchev–Trinajstić information content (AvgIpc) is 3.64. The topological polar surface area (TPSA) is 92.9 Å². The van der Waals surface area contributed by atoms with E-state index in [1.54, 1.807) is 35.6 Å². The Labute approximate surface area is 228 Å². The second-order valence-electron chi connectivity index (χ2n) is 10.8. The van der Waals surface area contributed by atoms with Gasteiger partial charge in [-0.1, -0.05) is 0 Å². The predicted octanol–water partition coefficient (Wildman–Crippen LogP) is 4.30. The van der Waals surface area contributed by atoms with Gasteiger partial charge in [-0.25, -0.2) is 23.1 Å². The molecule has 206 valence electrons. The number of likely N-dealkylation sites (N-methyl/N-ethyl adjacent to an activating group) is 1. The van der Waals surface area contributed by atoms with Gasteiger partial charge in [0.25, 0.3) is 5.92 Å². The summed E-state index contributed by atoms with van der Waals surface area (Å²) >= 11 is 0. The van der Waals surface area contributed by atoms with Crippen molar-refractivity contribution in [1.82, 2.24) is 39.9 Å². The number of halogens is 3. The first-order valence-electron chi connectivity index (χ1n) is 13.3. The third kappa shape index (κ3) is 4.56. The van der Waals surface area contributed by atoms with Crippen LogP contribution in [0, 0.1) is 5.82 Å². The number of nitrogens with one attached hydrogen (secondary N) is 2. The first-order valence-corrected chi connectivity index (χ1v) is 13.3. The maximum atomic E-state index is 15.3. The van der Waals surface area contributed by atoms with Crippen molar-refractivity contribution in [2.24, 2.45) is 0 Å². The number of hydrogen-bond acceptors (Lipinski definition) is 7. The minimum absolute atomic E-state index is 0.150. The normalized spacial score (nSPS) is 18.4. The van der Waals surface area contributed by atoms with E-state index in [9.17, 15) is 8.78 Å². The van der Waals surface area contributed by atoms with Crippen LogP contribution in [0.2, 0.25) is 0 Å². The summed E-state index contributed by atoms with van der Waals surface area (Å²) in [6, 6.07) is 6.94. The van der Waals surface area contributed by atoms with Crippen molar-refractivity contribution in [1.29, 1.82) is 0 Å². The number of hydrogen-bond donors (Lipinski definition) is 2. The van der Waals surface area contributed by atoms with Crippen molar-refractivity contribution in [2.45, 2.75) is 18.9 Å². The van der Waals surface area contributed by atoms with Gasteiger partial charge in [-0.05, 0) is 30.8 Å². The van der Waals surface area contributed by atoms with Crippen LogP contribution >= 0.6 is 0 Å². The first-order chi connectivity index (χ1) is 19.3. The number of H-pyrrole nitrogens is 2. The van der Waals surface area contributed by atoms with Crippen molar-refractivity contribution >= 4 is 27.8 Å². The summed E-state index contributed by atoms with van der Waals surface area (Å²) in [7, 11) is 2.12. The minimum atomic E-state index is -2.67. The summed E-state index contributed by atoms with van der Waals surface area (Å²) in [4.78, 5) is 23.2. The number of likely N-dealkylation sites (tertiary alicyclic amines) is 1. The van der Waals surface area contributed by atoms with Gasteiger partial charge in [0, 0.05) is 86.9 Å². The fourth-order valence-corrected chi connectivity index (χ4v) is 5.68. The van der Waals surface area contributed by atoms with Crippen LogP contribution in [-0.2, 0) is 6.54 Å². The highest BCUT2D eigenvalue weighted by Gasteiger charge is 2.38. The highest BCUT2D eigenvalue weighted by Crippen LogP contribution is 2.34. The molecule has 2 aliphatic rings. The molecule has 6 heterocycles. The highest BCUT2D eigenvalue weighted by atomic mass is 19.3. The Morgan fingerprint density at radius 3 is 2.70 bits per heavy atom. The van der Waals surface area contributed by atoms with Crippen molar-refractivity contribution in [3.05, 3.63) is 54.2 Å². The molecule has 5 aromatic rings. The number of fused-ring (bicyclic) bond motifs is 2. The summed E-state index contributed by atoms with van der Waals surface area (Å²) in [5.74, 6) is -2.56. The lowest BCUT2D eigenvalue weighted by molar-refractivity contribution is 0.0115. The molecular formula is C28H28F3N9. The molecule has 0 radical (unpaired) electrons. The molecule has 0 spiro atoms. The molecule has 1 aromatic carbocycles. The van der Waals surface area contributed by atoms with Crippen LogP contribution in [0.5, 0.6) is 0 Å². The number of pyridine rings is 2. The maximum absolute atomic E-state index is 15.3. The van der Waals surface area contributed by atoms with E-state index in [1.165, 1.54) is 6.07 Å². The van der Waals surface area contributed by atoms with Crippen LogP contribution in [0.25, 0.3) is 44.7 Å². The van der Waals surface area contributed by atoms with Gasteiger partial charge < -0.3 is 14.8 Å². The molecule has 2 aliphatic heterocycles. The van der Waals surface area contributed by atoms with Crippen LogP contribution in [0.15, 0.2) is 42.9 Å². The molecule has 12 heteroatoms. The number of piperazine rings is 1. The second-order valence-corrected chi connectivity index (χ2v) is 10.8. The van der Waals surface area contributed by atoms with E-state index in [4.69, 9.17) is 4.98 Å². The number of nitrogens with zero attached hydrogens (tertiary/aromatic N) is 7. The van der Waals surface area contributed by atoms with Crippen LogP contribution in [-0.4, -0.2) is 92.2 Å². The van der Waals surface area contributed by atoms with Crippen molar-refractivity contribution in [3.8, 4) is 22.6 Å². The predicted molar refractivity (Wildman–Crippen MR) is 147 cm³/mol. The van der Waals surface area contributed by atoms with Crippen molar-refractivity contribution in [2.75, 3.05) is 51.2 Å². The molecule has 2 fully saturated rings. The number of rotatable bonds is 5. The number of alkyl halides is 2. The van der Waals surface area contributed by atoms with Crippen molar-refractivity contribution in [3.63, 3.8) is 0 Å². The zero-order chi connectivity index (χ0) is 27.4. The number of imidazole rings is 1. The Morgan fingerprint density at radius 1 is 1.05 bits per heavy atom. The third-order valence-electron chi connectivity index (χ3n) is 7.85. The van der Waals surface area contributed by atoms with E-state index >= 15 is 4.39 Å². The lowest BCUT2D eigenvalue weighted by atomic mass is 10.0. The van der Waals surface area contributed by atoms with Gasteiger partial charge >= 0.3 is 0 Å². The van der Waals surface area contributed by atoms with E-state index in [0.29, 0.717) is 52.3 Å². The fraction of sp³-hybridized carbons (Fsp3) is 0.357. The number of aromatic nitrogens is 6. The molecule has 2 saturated heterocycles. The molecule has 4 aromatic heterocycles. The molecular weight excluding hydrogens is 519 g/mol. The molecule has 0 aliphatic carbocycles. The van der Waals surface area contributed by atoms with Gasteiger partial charge in [-0.2, -0.15) is 5.10 Å². The van der Waals surface area contributed by atoms with Gasteiger partial charge in [-0.15, -0.1) is 0 Å².